The van der Waals surface area contributed by atoms with Crippen LogP contribution in [0.1, 0.15) is 36.5 Å². The molecule has 0 saturated heterocycles. The zero-order valence-corrected chi connectivity index (χ0v) is 9.14. The molecule has 0 amide bonds. The first-order chi connectivity index (χ1) is 6.63. The van der Waals surface area contributed by atoms with Crippen LogP contribution >= 0.6 is 0 Å². The van der Waals surface area contributed by atoms with Crippen molar-refractivity contribution in [2.24, 2.45) is 5.73 Å². The Morgan fingerprint density at radius 2 is 2.07 bits per heavy atom. The standard InChI is InChI=1S/C13H19N/c1-3-12-8-11(5-4-10(12)2)9-13(14)6-7-13/h4-5,8H,3,6-7,9,14H2,1-2H3. The van der Waals surface area contributed by atoms with E-state index in [0.717, 1.165) is 12.8 Å². The minimum absolute atomic E-state index is 0.139. The minimum Gasteiger partial charge on any atom is -0.325 e. The van der Waals surface area contributed by atoms with E-state index in [9.17, 15) is 0 Å². The summed E-state index contributed by atoms with van der Waals surface area (Å²) in [7, 11) is 0. The Bertz CT molecular complexity index is 337. The molecule has 0 aliphatic heterocycles. The molecule has 1 heteroatoms. The number of hydrogen-bond donors (Lipinski definition) is 1. The largest absolute Gasteiger partial charge is 0.325 e. The first-order valence-electron chi connectivity index (χ1n) is 5.50. The van der Waals surface area contributed by atoms with E-state index >= 15 is 0 Å². The van der Waals surface area contributed by atoms with Crippen molar-refractivity contribution >= 4 is 0 Å². The summed E-state index contributed by atoms with van der Waals surface area (Å²) in [6.45, 7) is 4.39. The molecule has 1 aliphatic rings. The van der Waals surface area contributed by atoms with Crippen LogP contribution in [0.5, 0.6) is 0 Å². The third-order valence-electron chi connectivity index (χ3n) is 3.24. The lowest BCUT2D eigenvalue weighted by molar-refractivity contribution is 0.671. The molecule has 76 valence electrons. The molecule has 0 heterocycles. The lowest BCUT2D eigenvalue weighted by Crippen LogP contribution is -2.24. The fourth-order valence-electron chi connectivity index (χ4n) is 1.96. The Morgan fingerprint density at radius 1 is 1.36 bits per heavy atom. The summed E-state index contributed by atoms with van der Waals surface area (Å²) in [5.74, 6) is 0. The Kier molecular flexibility index (Phi) is 2.36. The topological polar surface area (TPSA) is 26.0 Å². The van der Waals surface area contributed by atoms with E-state index in [-0.39, 0.29) is 5.54 Å². The van der Waals surface area contributed by atoms with Gasteiger partial charge in [-0.1, -0.05) is 25.1 Å². The first-order valence-corrected chi connectivity index (χ1v) is 5.50. The second kappa shape index (κ2) is 3.39. The number of hydrogen-bond acceptors (Lipinski definition) is 1. The Balaban J connectivity index is 2.18. The molecule has 14 heavy (non-hydrogen) atoms. The maximum Gasteiger partial charge on any atom is 0.0196 e. The third kappa shape index (κ3) is 1.98. The van der Waals surface area contributed by atoms with Gasteiger partial charge in [-0.15, -0.1) is 0 Å². The zero-order chi connectivity index (χ0) is 10.2. The summed E-state index contributed by atoms with van der Waals surface area (Å²) in [4.78, 5) is 0. The predicted molar refractivity (Wildman–Crippen MR) is 60.4 cm³/mol. The maximum atomic E-state index is 6.11. The average Bonchev–Trinajstić information content (AvgIpc) is 2.87. The number of aryl methyl sites for hydroxylation is 2. The molecule has 1 nitrogen and oxygen atoms in total. The summed E-state index contributed by atoms with van der Waals surface area (Å²) < 4.78 is 0. The van der Waals surface area contributed by atoms with E-state index in [1.54, 1.807) is 0 Å². The molecule has 1 aliphatic carbocycles. The van der Waals surface area contributed by atoms with Crippen LogP contribution in [-0.4, -0.2) is 5.54 Å². The fraction of sp³-hybridized carbons (Fsp3) is 0.538. The summed E-state index contributed by atoms with van der Waals surface area (Å²) in [5.41, 5.74) is 10.5. The Labute approximate surface area is 86.3 Å². The molecular formula is C13H19N. The van der Waals surface area contributed by atoms with Crippen molar-refractivity contribution < 1.29 is 0 Å². The van der Waals surface area contributed by atoms with Gasteiger partial charge in [-0.3, -0.25) is 0 Å². The number of rotatable bonds is 3. The van der Waals surface area contributed by atoms with E-state index in [0.29, 0.717) is 0 Å². The van der Waals surface area contributed by atoms with E-state index in [2.05, 4.69) is 32.0 Å². The highest BCUT2D eigenvalue weighted by molar-refractivity contribution is 5.32. The highest BCUT2D eigenvalue weighted by atomic mass is 14.8. The van der Waals surface area contributed by atoms with E-state index in [4.69, 9.17) is 5.73 Å². The van der Waals surface area contributed by atoms with E-state index in [1.165, 1.54) is 29.5 Å². The molecule has 0 spiro atoms. The van der Waals surface area contributed by atoms with E-state index in [1.807, 2.05) is 0 Å². The lowest BCUT2D eigenvalue weighted by Gasteiger charge is -2.11. The third-order valence-corrected chi connectivity index (χ3v) is 3.24. The van der Waals surface area contributed by atoms with Gasteiger partial charge in [-0.2, -0.15) is 0 Å². The van der Waals surface area contributed by atoms with Gasteiger partial charge in [0, 0.05) is 5.54 Å². The van der Waals surface area contributed by atoms with Gasteiger partial charge in [-0.05, 0) is 49.3 Å². The van der Waals surface area contributed by atoms with Crippen molar-refractivity contribution in [3.05, 3.63) is 34.9 Å². The molecule has 1 fully saturated rings. The predicted octanol–water partition coefficient (Wildman–Crippen LogP) is 2.59. The molecular weight excluding hydrogens is 170 g/mol. The van der Waals surface area contributed by atoms with Crippen molar-refractivity contribution in [1.82, 2.24) is 0 Å². The van der Waals surface area contributed by atoms with Crippen molar-refractivity contribution in [3.63, 3.8) is 0 Å². The minimum atomic E-state index is 0.139. The molecule has 0 aromatic heterocycles. The maximum absolute atomic E-state index is 6.11. The van der Waals surface area contributed by atoms with Crippen LogP contribution in [0.15, 0.2) is 18.2 Å². The fourth-order valence-corrected chi connectivity index (χ4v) is 1.96. The quantitative estimate of drug-likeness (QED) is 0.777. The second-order valence-electron chi connectivity index (χ2n) is 4.65. The van der Waals surface area contributed by atoms with Gasteiger partial charge in [0.05, 0.1) is 0 Å². The Hall–Kier alpha value is -0.820. The van der Waals surface area contributed by atoms with E-state index < -0.39 is 0 Å². The van der Waals surface area contributed by atoms with Gasteiger partial charge in [0.25, 0.3) is 0 Å². The molecule has 2 rings (SSSR count). The Morgan fingerprint density at radius 3 is 2.64 bits per heavy atom. The van der Waals surface area contributed by atoms with Crippen molar-refractivity contribution in [1.29, 1.82) is 0 Å². The zero-order valence-electron chi connectivity index (χ0n) is 9.14. The van der Waals surface area contributed by atoms with Crippen LogP contribution in [0.3, 0.4) is 0 Å². The SMILES string of the molecule is CCc1cc(CC2(N)CC2)ccc1C. The van der Waals surface area contributed by atoms with Gasteiger partial charge >= 0.3 is 0 Å². The van der Waals surface area contributed by atoms with Gasteiger partial charge in [0.1, 0.15) is 0 Å². The highest BCUT2D eigenvalue weighted by Gasteiger charge is 2.37. The van der Waals surface area contributed by atoms with Crippen LogP contribution in [0.25, 0.3) is 0 Å². The van der Waals surface area contributed by atoms with Gasteiger partial charge < -0.3 is 5.73 Å². The van der Waals surface area contributed by atoms with Crippen LogP contribution in [0.2, 0.25) is 0 Å². The molecule has 1 saturated carbocycles. The molecule has 0 radical (unpaired) electrons. The molecule has 2 N–H and O–H groups in total. The van der Waals surface area contributed by atoms with Crippen molar-refractivity contribution in [2.45, 2.75) is 45.1 Å². The van der Waals surface area contributed by atoms with Gasteiger partial charge in [0.2, 0.25) is 0 Å². The van der Waals surface area contributed by atoms with Crippen LogP contribution < -0.4 is 5.73 Å². The van der Waals surface area contributed by atoms with Crippen molar-refractivity contribution in [2.75, 3.05) is 0 Å². The highest BCUT2D eigenvalue weighted by Crippen LogP contribution is 2.35. The van der Waals surface area contributed by atoms with Crippen LogP contribution in [-0.2, 0) is 12.8 Å². The molecule has 1 aromatic rings. The van der Waals surface area contributed by atoms with Gasteiger partial charge in [0.15, 0.2) is 0 Å². The monoisotopic (exact) mass is 189 g/mol. The molecule has 0 atom stereocenters. The summed E-state index contributed by atoms with van der Waals surface area (Å²) in [5, 5.41) is 0. The average molecular weight is 189 g/mol. The van der Waals surface area contributed by atoms with Crippen LogP contribution in [0.4, 0.5) is 0 Å². The molecule has 0 bridgehead atoms. The van der Waals surface area contributed by atoms with Crippen LogP contribution in [0, 0.1) is 6.92 Å². The summed E-state index contributed by atoms with van der Waals surface area (Å²) in [6.07, 6.45) is 4.57. The molecule has 0 unspecified atom stereocenters. The van der Waals surface area contributed by atoms with Gasteiger partial charge in [-0.25, -0.2) is 0 Å². The number of benzene rings is 1. The summed E-state index contributed by atoms with van der Waals surface area (Å²) in [6, 6.07) is 6.77. The first kappa shape index (κ1) is 9.72. The normalized spacial score (nSPS) is 18.2. The molecule has 1 aromatic carbocycles. The number of nitrogens with two attached hydrogens (primary N) is 1. The summed E-state index contributed by atoms with van der Waals surface area (Å²) >= 11 is 0. The smallest absolute Gasteiger partial charge is 0.0196 e. The van der Waals surface area contributed by atoms with Crippen molar-refractivity contribution in [3.8, 4) is 0 Å². The lowest BCUT2D eigenvalue weighted by atomic mass is 9.98. The second-order valence-corrected chi connectivity index (χ2v) is 4.65.